The zero-order valence-corrected chi connectivity index (χ0v) is 18.6. The third kappa shape index (κ3) is 4.94. The Bertz CT molecular complexity index is 973. The normalized spacial score (nSPS) is 15.1. The molecule has 0 fully saturated rings. The summed E-state index contributed by atoms with van der Waals surface area (Å²) in [5, 5.41) is 4.35. The molecule has 0 atom stereocenters. The lowest BCUT2D eigenvalue weighted by Crippen LogP contribution is -2.48. The topological polar surface area (TPSA) is 95.7 Å². The average Bonchev–Trinajstić information content (AvgIpc) is 3.01. The lowest BCUT2D eigenvalue weighted by Gasteiger charge is -2.20. The van der Waals surface area contributed by atoms with Crippen molar-refractivity contribution in [2.75, 3.05) is 0 Å². The average molecular weight is 461 g/mol. The van der Waals surface area contributed by atoms with Gasteiger partial charge in [0, 0.05) is 27.6 Å². The van der Waals surface area contributed by atoms with Crippen molar-refractivity contribution in [1.82, 2.24) is 16.3 Å². The van der Waals surface area contributed by atoms with E-state index in [2.05, 4.69) is 37.3 Å². The highest BCUT2D eigenvalue weighted by Gasteiger charge is 2.28. The maximum atomic E-state index is 12.5. The van der Waals surface area contributed by atoms with Crippen molar-refractivity contribution in [2.45, 2.75) is 52.5 Å². The van der Waals surface area contributed by atoms with Crippen molar-refractivity contribution in [2.24, 2.45) is 5.10 Å². The Morgan fingerprint density at radius 2 is 1.86 bits per heavy atom. The fourth-order valence-corrected chi connectivity index (χ4v) is 3.59. The van der Waals surface area contributed by atoms with Gasteiger partial charge in [0.15, 0.2) is 5.76 Å². The minimum absolute atomic E-state index is 0.262. The number of furan rings is 1. The van der Waals surface area contributed by atoms with Crippen molar-refractivity contribution in [3.8, 4) is 0 Å². The second-order valence-corrected chi connectivity index (χ2v) is 8.87. The van der Waals surface area contributed by atoms with Crippen LogP contribution in [-0.4, -0.2) is 23.1 Å². The lowest BCUT2D eigenvalue weighted by atomic mass is 9.93. The number of nitrogens with zero attached hydrogens (tertiary/aromatic N) is 1. The molecule has 1 aliphatic carbocycles. The van der Waals surface area contributed by atoms with Crippen LogP contribution in [0.1, 0.15) is 71.4 Å². The van der Waals surface area contributed by atoms with Crippen LogP contribution in [0.2, 0.25) is 0 Å². The predicted octanol–water partition coefficient (Wildman–Crippen LogP) is 3.85. The molecule has 1 aromatic carbocycles. The van der Waals surface area contributed by atoms with Gasteiger partial charge < -0.3 is 4.42 Å². The summed E-state index contributed by atoms with van der Waals surface area (Å²) in [6.07, 6.45) is 2.27. The van der Waals surface area contributed by atoms with Crippen LogP contribution in [-0.2, 0) is 6.42 Å². The first-order valence-electron chi connectivity index (χ1n) is 9.49. The van der Waals surface area contributed by atoms with Gasteiger partial charge >= 0.3 is 5.91 Å². The van der Waals surface area contributed by atoms with Gasteiger partial charge in [0.05, 0.1) is 11.3 Å². The maximum Gasteiger partial charge on any atom is 0.301 e. The summed E-state index contributed by atoms with van der Waals surface area (Å²) in [6, 6.07) is 7.16. The molecule has 0 spiro atoms. The first kappa shape index (κ1) is 21.3. The first-order chi connectivity index (χ1) is 13.7. The molecule has 3 rings (SSSR count). The molecule has 8 heteroatoms. The number of fused-ring (bicyclic) bond motifs is 1. The number of amides is 2. The van der Waals surface area contributed by atoms with Gasteiger partial charge in [-0.2, -0.15) is 5.10 Å². The number of hydrazone groups is 1. The molecule has 0 saturated carbocycles. The smallest absolute Gasteiger partial charge is 0.301 e. The van der Waals surface area contributed by atoms with Crippen LogP contribution >= 0.6 is 15.9 Å². The minimum atomic E-state index is -0.330. The van der Waals surface area contributed by atoms with Gasteiger partial charge in [0.1, 0.15) is 5.76 Å². The Morgan fingerprint density at radius 1 is 1.14 bits per heavy atom. The number of carbonyl (C=O) groups is 2. The third-order valence-electron chi connectivity index (χ3n) is 4.49. The Labute approximate surface area is 178 Å². The Balaban J connectivity index is 1.82. The van der Waals surface area contributed by atoms with E-state index in [4.69, 9.17) is 4.42 Å². The van der Waals surface area contributed by atoms with E-state index >= 15 is 0 Å². The number of halogens is 1. The van der Waals surface area contributed by atoms with Gasteiger partial charge in [-0.15, -0.1) is 0 Å². The van der Waals surface area contributed by atoms with Gasteiger partial charge in [-0.05, 0) is 68.6 Å². The van der Waals surface area contributed by atoms with Gasteiger partial charge in [0.25, 0.3) is 5.91 Å². The molecule has 1 aromatic heterocycles. The van der Waals surface area contributed by atoms with Gasteiger partial charge in [-0.25, -0.2) is 10.9 Å². The van der Waals surface area contributed by atoms with Crippen LogP contribution in [0.3, 0.4) is 0 Å². The van der Waals surface area contributed by atoms with Gasteiger partial charge in [-0.3, -0.25) is 15.0 Å². The molecule has 0 saturated heterocycles. The van der Waals surface area contributed by atoms with Gasteiger partial charge in [0.2, 0.25) is 0 Å². The Kier molecular flexibility index (Phi) is 6.24. The highest BCUT2D eigenvalue weighted by molar-refractivity contribution is 9.10. The van der Waals surface area contributed by atoms with Crippen molar-refractivity contribution in [3.63, 3.8) is 0 Å². The highest BCUT2D eigenvalue weighted by atomic mass is 79.9. The predicted molar refractivity (Wildman–Crippen MR) is 115 cm³/mol. The molecule has 0 radical (unpaired) electrons. The summed E-state index contributed by atoms with van der Waals surface area (Å²) in [6.45, 7) is 7.69. The van der Waals surface area contributed by atoms with Crippen LogP contribution in [0.15, 0.2) is 38.3 Å². The van der Waals surface area contributed by atoms with E-state index < -0.39 is 0 Å². The van der Waals surface area contributed by atoms with Crippen molar-refractivity contribution in [1.29, 1.82) is 0 Å². The molecule has 0 unspecified atom stereocenters. The largest absolute Gasteiger partial charge is 0.455 e. The molecule has 154 valence electrons. The molecule has 7 nitrogen and oxygen atoms in total. The fraction of sp³-hybridized carbons (Fsp3) is 0.381. The Hall–Kier alpha value is -2.45. The molecule has 1 heterocycles. The van der Waals surface area contributed by atoms with Crippen LogP contribution in [0.5, 0.6) is 0 Å². The number of benzene rings is 1. The number of nitrogens with one attached hydrogen (secondary N) is 3. The summed E-state index contributed by atoms with van der Waals surface area (Å²) >= 11 is 3.37. The summed E-state index contributed by atoms with van der Waals surface area (Å²) in [5.74, 6) is 0.357. The highest BCUT2D eigenvalue weighted by Crippen LogP contribution is 2.30. The maximum absolute atomic E-state index is 12.5. The lowest BCUT2D eigenvalue weighted by molar-refractivity contribution is 0.0882. The van der Waals surface area contributed by atoms with E-state index in [9.17, 15) is 9.59 Å². The van der Waals surface area contributed by atoms with Crippen LogP contribution in [0.4, 0.5) is 0 Å². The quantitative estimate of drug-likeness (QED) is 0.603. The summed E-state index contributed by atoms with van der Waals surface area (Å²) in [4.78, 5) is 25.0. The number of hydrogen-bond acceptors (Lipinski definition) is 5. The molecule has 2 amide bonds. The molecule has 0 aliphatic heterocycles. The molecule has 3 N–H and O–H groups in total. The van der Waals surface area contributed by atoms with Crippen LogP contribution in [0, 0.1) is 6.92 Å². The van der Waals surface area contributed by atoms with E-state index in [1.165, 1.54) is 0 Å². The number of hydrazine groups is 1. The molecular weight excluding hydrogens is 436 g/mol. The van der Waals surface area contributed by atoms with E-state index in [0.717, 1.165) is 35.4 Å². The number of carbonyl (C=O) groups excluding carboxylic acids is 2. The Morgan fingerprint density at radius 3 is 2.55 bits per heavy atom. The van der Waals surface area contributed by atoms with Crippen molar-refractivity contribution in [3.05, 3.63) is 56.9 Å². The molecule has 1 aliphatic rings. The molecule has 29 heavy (non-hydrogen) atoms. The van der Waals surface area contributed by atoms with E-state index in [0.29, 0.717) is 16.5 Å². The first-order valence-corrected chi connectivity index (χ1v) is 10.3. The van der Waals surface area contributed by atoms with E-state index in [-0.39, 0.29) is 23.1 Å². The van der Waals surface area contributed by atoms with Crippen LogP contribution < -0.4 is 16.3 Å². The monoisotopic (exact) mass is 460 g/mol. The van der Waals surface area contributed by atoms with Crippen molar-refractivity contribution < 1.29 is 14.0 Å². The van der Waals surface area contributed by atoms with Crippen LogP contribution in [0.25, 0.3) is 0 Å². The molecular formula is C21H25BrN4O3. The summed E-state index contributed by atoms with van der Waals surface area (Å²) < 4.78 is 6.55. The van der Waals surface area contributed by atoms with Gasteiger partial charge in [-0.1, -0.05) is 12.1 Å². The zero-order chi connectivity index (χ0) is 21.2. The summed E-state index contributed by atoms with van der Waals surface area (Å²) in [7, 11) is 0. The molecule has 0 bridgehead atoms. The van der Waals surface area contributed by atoms with Crippen molar-refractivity contribution >= 4 is 33.5 Å². The second-order valence-electron chi connectivity index (χ2n) is 8.02. The number of hydrogen-bond donors (Lipinski definition) is 3. The molecule has 2 aromatic rings. The third-order valence-corrected chi connectivity index (χ3v) is 5.19. The van der Waals surface area contributed by atoms with E-state index in [1.807, 2.05) is 33.8 Å². The fourth-order valence-electron chi connectivity index (χ4n) is 3.12. The second kappa shape index (κ2) is 8.51. The minimum Gasteiger partial charge on any atom is -0.455 e. The SMILES string of the molecule is Cc1c(C(=O)NNC(C)(C)C)oc2c1/C(=N/NC(=O)c1ccccc1Br)CCC2. The van der Waals surface area contributed by atoms with E-state index in [1.54, 1.807) is 18.2 Å². The number of aryl methyl sites for hydroxylation is 1. The summed E-state index contributed by atoms with van der Waals surface area (Å²) in [5.41, 5.74) is 10.8. The number of rotatable bonds is 4. The standard InChI is InChI=1S/C21H25BrN4O3/c1-12-17-15(23-24-19(27)13-8-5-6-9-14(13)22)10-7-11-16(17)29-18(12)20(28)25-26-21(2,3)4/h5-6,8-9,26H,7,10-11H2,1-4H3,(H,24,27)(H,25,28)/b23-15+. The zero-order valence-electron chi connectivity index (χ0n) is 17.0.